The highest BCUT2D eigenvalue weighted by molar-refractivity contribution is 6.98. The van der Waals surface area contributed by atoms with E-state index in [1.165, 1.54) is 0 Å². The number of hydrogen-bond donors (Lipinski definition) is 0. The number of nitrogens with zero attached hydrogens (tertiary/aromatic N) is 6. The summed E-state index contributed by atoms with van der Waals surface area (Å²) in [7, 11) is 0. The average Bonchev–Trinajstić information content (AvgIpc) is 3.61. The van der Waals surface area contributed by atoms with Crippen LogP contribution < -0.4 is 35.7 Å². The summed E-state index contributed by atoms with van der Waals surface area (Å²) in [6.45, 7) is 17.7. The van der Waals surface area contributed by atoms with E-state index in [9.17, 15) is 0 Å². The molecule has 9 heteroatoms. The molecule has 0 atom stereocenters. The van der Waals surface area contributed by atoms with Crippen LogP contribution in [0.25, 0.3) is 22.5 Å². The molecule has 0 radical (unpaired) electrons. The van der Waals surface area contributed by atoms with E-state index in [1.807, 2.05) is 30.3 Å². The molecule has 6 heterocycles. The molecule has 7 aromatic rings. The lowest BCUT2D eigenvalue weighted by Crippen LogP contribution is -2.57. The Morgan fingerprint density at radius 2 is 0.810 bits per heavy atom. The molecule has 0 N–H and O–H groups in total. The van der Waals surface area contributed by atoms with Crippen LogP contribution >= 0.6 is 0 Å². The van der Waals surface area contributed by atoms with Crippen LogP contribution in [0.1, 0.15) is 66.8 Å². The van der Waals surface area contributed by atoms with Crippen molar-refractivity contribution < 1.29 is 9.47 Å². The number of aromatic nitrogens is 2. The van der Waals surface area contributed by atoms with Gasteiger partial charge in [-0.3, -0.25) is 9.98 Å². The van der Waals surface area contributed by atoms with Crippen molar-refractivity contribution in [2.24, 2.45) is 9.98 Å². The molecular formula is C54H49BN6O2. The largest absolute Gasteiger partial charge is 0.458 e. The minimum Gasteiger partial charge on any atom is -0.458 e. The van der Waals surface area contributed by atoms with Crippen LogP contribution in [0.4, 0.5) is 11.4 Å². The minimum atomic E-state index is -0.340. The molecule has 0 bridgehead atoms. The first-order chi connectivity index (χ1) is 30.2. The average molecular weight is 825 g/mol. The van der Waals surface area contributed by atoms with Crippen LogP contribution in [0.3, 0.4) is 0 Å². The van der Waals surface area contributed by atoms with Crippen molar-refractivity contribution in [3.8, 4) is 45.5 Å². The molecule has 0 fully saturated rings. The third-order valence-electron chi connectivity index (χ3n) is 14.3. The number of pyridine rings is 2. The Morgan fingerprint density at radius 3 is 1.24 bits per heavy atom. The highest BCUT2D eigenvalue weighted by Gasteiger charge is 2.51. The van der Waals surface area contributed by atoms with Crippen LogP contribution in [0.2, 0.25) is 0 Å². The van der Waals surface area contributed by atoms with Gasteiger partial charge in [0.1, 0.15) is 34.4 Å². The number of fused-ring (bicyclic) bond motifs is 4. The van der Waals surface area contributed by atoms with Gasteiger partial charge in [0, 0.05) is 28.0 Å². The standard InChI is InChI=1S/C54H49BN6O2/c1-51(2)53(5,6)60(36-18-11-9-12-19-36)49(58-51)42-24-15-22-40(56-42)34-28-30-38-46(32-34)62-44-26-17-27-45-48(44)55(38)39-31-29-35(33-47(39)63-45)41-23-16-25-43(57-41)50-59-52(3,4)54(7,8)61(50)37-20-13-10-14-21-37/h9-33H,1-8H3. The number of rotatable bonds is 6. The minimum absolute atomic E-state index is 0.0844. The smallest absolute Gasteiger partial charge is 0.260 e. The first-order valence-electron chi connectivity index (χ1n) is 21.8. The summed E-state index contributed by atoms with van der Waals surface area (Å²) >= 11 is 0. The number of ether oxygens (including phenoxy) is 2. The molecule has 4 aliphatic heterocycles. The highest BCUT2D eigenvalue weighted by atomic mass is 16.5. The molecule has 0 spiro atoms. The second-order valence-corrected chi connectivity index (χ2v) is 19.1. The quantitative estimate of drug-likeness (QED) is 0.156. The summed E-state index contributed by atoms with van der Waals surface area (Å²) in [5.41, 5.74) is 9.45. The fraction of sp³-hybridized carbons (Fsp3) is 0.222. The summed E-state index contributed by atoms with van der Waals surface area (Å²) < 4.78 is 13.4. The number of aliphatic imine (C=N–C) groups is 2. The second-order valence-electron chi connectivity index (χ2n) is 19.1. The topological polar surface area (TPSA) is 75.4 Å². The van der Waals surface area contributed by atoms with Gasteiger partial charge in [0.25, 0.3) is 6.71 Å². The maximum Gasteiger partial charge on any atom is 0.260 e. The van der Waals surface area contributed by atoms with Crippen LogP contribution in [-0.2, 0) is 0 Å². The molecule has 5 aromatic carbocycles. The molecule has 2 aromatic heterocycles. The molecule has 8 nitrogen and oxygen atoms in total. The first-order valence-corrected chi connectivity index (χ1v) is 21.8. The summed E-state index contributed by atoms with van der Waals surface area (Å²) in [6.07, 6.45) is 0. The van der Waals surface area contributed by atoms with Crippen LogP contribution in [0.5, 0.6) is 23.0 Å². The molecule has 0 unspecified atom stereocenters. The second kappa shape index (κ2) is 13.8. The predicted octanol–water partition coefficient (Wildman–Crippen LogP) is 10.2. The van der Waals surface area contributed by atoms with Crippen molar-refractivity contribution >= 4 is 46.1 Å². The van der Waals surface area contributed by atoms with Crippen LogP contribution in [0, 0.1) is 0 Å². The summed E-state index contributed by atoms with van der Waals surface area (Å²) in [6, 6.07) is 52.4. The molecule has 0 saturated heterocycles. The number of amidine groups is 2. The third-order valence-corrected chi connectivity index (χ3v) is 14.3. The van der Waals surface area contributed by atoms with Gasteiger partial charge in [-0.25, -0.2) is 9.97 Å². The Labute approximate surface area is 370 Å². The van der Waals surface area contributed by atoms with Crippen LogP contribution in [-0.4, -0.2) is 50.5 Å². The Bertz CT molecular complexity index is 2850. The van der Waals surface area contributed by atoms with Gasteiger partial charge in [-0.15, -0.1) is 0 Å². The number of hydrogen-bond acceptors (Lipinski definition) is 8. The van der Waals surface area contributed by atoms with E-state index >= 15 is 0 Å². The van der Waals surface area contributed by atoms with E-state index < -0.39 is 0 Å². The van der Waals surface area contributed by atoms with Crippen molar-refractivity contribution in [3.63, 3.8) is 0 Å². The van der Waals surface area contributed by atoms with Gasteiger partial charge in [0.2, 0.25) is 0 Å². The maximum atomic E-state index is 6.72. The van der Waals surface area contributed by atoms with Gasteiger partial charge >= 0.3 is 0 Å². The molecule has 4 aliphatic rings. The Kier molecular flexibility index (Phi) is 8.49. The predicted molar refractivity (Wildman–Crippen MR) is 258 cm³/mol. The Hall–Kier alpha value is -7.00. The van der Waals surface area contributed by atoms with E-state index in [0.29, 0.717) is 0 Å². The van der Waals surface area contributed by atoms with Gasteiger partial charge in [-0.05, 0) is 139 Å². The van der Waals surface area contributed by atoms with Gasteiger partial charge in [-0.1, -0.05) is 78.9 Å². The van der Waals surface area contributed by atoms with Crippen LogP contribution in [0.15, 0.2) is 162 Å². The molecule has 0 saturated carbocycles. The summed E-state index contributed by atoms with van der Waals surface area (Å²) in [5, 5.41) is 0. The Balaban J connectivity index is 0.943. The highest BCUT2D eigenvalue weighted by Crippen LogP contribution is 2.44. The van der Waals surface area contributed by atoms with Crippen molar-refractivity contribution in [2.45, 2.75) is 77.5 Å². The zero-order valence-corrected chi connectivity index (χ0v) is 37.0. The van der Waals surface area contributed by atoms with Gasteiger partial charge in [-0.2, -0.15) is 0 Å². The molecular weight excluding hydrogens is 775 g/mol. The van der Waals surface area contributed by atoms with Crippen molar-refractivity contribution in [3.05, 3.63) is 163 Å². The summed E-state index contributed by atoms with van der Waals surface area (Å²) in [5.74, 6) is 4.92. The van der Waals surface area contributed by atoms with E-state index in [0.717, 1.165) is 96.3 Å². The summed E-state index contributed by atoms with van der Waals surface area (Å²) in [4.78, 5) is 25.8. The zero-order valence-electron chi connectivity index (χ0n) is 37.0. The molecule has 0 aliphatic carbocycles. The van der Waals surface area contributed by atoms with Crippen molar-refractivity contribution in [2.75, 3.05) is 9.80 Å². The molecule has 310 valence electrons. The lowest BCUT2D eigenvalue weighted by Gasteiger charge is -2.41. The lowest BCUT2D eigenvalue weighted by molar-refractivity contribution is 0.338. The maximum absolute atomic E-state index is 6.72. The molecule has 0 amide bonds. The van der Waals surface area contributed by atoms with E-state index in [1.54, 1.807) is 0 Å². The normalized spacial score (nSPS) is 18.1. The fourth-order valence-electron chi connectivity index (χ4n) is 9.55. The first kappa shape index (κ1) is 38.9. The van der Waals surface area contributed by atoms with Gasteiger partial charge < -0.3 is 19.3 Å². The van der Waals surface area contributed by atoms with Crippen molar-refractivity contribution in [1.82, 2.24) is 9.97 Å². The van der Waals surface area contributed by atoms with E-state index in [4.69, 9.17) is 29.4 Å². The number of para-hydroxylation sites is 2. The van der Waals surface area contributed by atoms with Gasteiger partial charge in [0.15, 0.2) is 11.7 Å². The molecule has 63 heavy (non-hydrogen) atoms. The van der Waals surface area contributed by atoms with E-state index in [-0.39, 0.29) is 28.9 Å². The Morgan fingerprint density at radius 1 is 0.413 bits per heavy atom. The van der Waals surface area contributed by atoms with Gasteiger partial charge in [0.05, 0.1) is 33.5 Å². The van der Waals surface area contributed by atoms with E-state index in [2.05, 4.69) is 187 Å². The monoisotopic (exact) mass is 824 g/mol. The number of benzene rings is 5. The third kappa shape index (κ3) is 5.96. The number of anilines is 2. The fourth-order valence-corrected chi connectivity index (χ4v) is 9.55. The lowest BCUT2D eigenvalue weighted by atomic mass is 9.35. The SMILES string of the molecule is CC1(C)N=C(c2cccc(-c3ccc4c(c3)Oc3cccc5c3B4c3ccc(-c4cccc(C6=NC(C)(C)C(C)(C)N6c6ccccc6)n4)cc3O5)n2)N(c2ccccc2)C1(C)C. The zero-order chi connectivity index (χ0) is 43.5. The van der Waals surface area contributed by atoms with Crippen molar-refractivity contribution in [1.29, 1.82) is 0 Å². The molecule has 11 rings (SSSR count).